The number of ether oxygens (including phenoxy) is 5. The number of aryl methyl sites for hydroxylation is 3. The maximum Gasteiger partial charge on any atom is 0.426 e. The monoisotopic (exact) mass is 2580 g/mol. The normalized spacial score (nSPS) is 18.8. The lowest BCUT2D eigenvalue weighted by Gasteiger charge is -2.51. The molecule has 3 aromatic carbocycles. The molecule has 0 bridgehead atoms. The second-order valence-corrected chi connectivity index (χ2v) is 149. The Kier molecular flexibility index (Phi) is 47.0. The number of benzene rings is 3. The SMILES string of the molecule is CO.COC(=O)N(C(=O)OC)c1nc(N2CCCCC2c2cc3nc(N4CCC4)cc(N4CCOCC4)n3n2)c2c(C)cccc2n1.Cc1cccc2nc(Cl)nc(N3CCCCC3c3cc4nc(N5CCC5)cc(N5CCOCC5)n4n3)c12.Cc1cccc2nc(N)nc(N3CCCCC3c3cc4nc(N5CCC5)cc(N5CCOCC5)n4n3)c12.N.PP(P)P(P)P(P(P(P)P)P(P)P)P(P(P(P)P)P(P)P)P(P(P)P)P(P)P. The maximum absolute atomic E-state index is 12.7. The molecule has 21 rings (SSSR count). The van der Waals surface area contributed by atoms with E-state index in [2.05, 4.69) is 255 Å². The van der Waals surface area contributed by atoms with Crippen molar-refractivity contribution in [1.82, 2.24) is 79.8 Å². The van der Waals surface area contributed by atoms with Crippen LogP contribution >= 0.6 is 236 Å². The summed E-state index contributed by atoms with van der Waals surface area (Å²) in [4.78, 5) is 90.4. The van der Waals surface area contributed by atoms with Crippen molar-refractivity contribution in [2.75, 3.05) is 214 Å². The van der Waals surface area contributed by atoms with E-state index in [-0.39, 0.29) is 126 Å². The lowest BCUT2D eigenvalue weighted by atomic mass is 9.98. The number of rotatable bonds is 25. The minimum Gasteiger partial charge on any atom is -0.452 e. The number of imide groups is 1. The number of carbonyl (C=O) groups excluding carboxylic acids is 2. The lowest BCUT2D eigenvalue weighted by molar-refractivity contribution is 0.122. The number of methoxy groups -OCH3 is 2. The predicted molar refractivity (Wildman–Crippen MR) is 709 cm³/mol. The fraction of sp³-hybridized carbons (Fsp3) is 0.488. The summed E-state index contributed by atoms with van der Waals surface area (Å²) in [6.07, 6.45) is 11.1. The lowest BCUT2D eigenvalue weighted by Crippen LogP contribution is -2.40. The third-order valence-electron chi connectivity index (χ3n) is 27.1. The first kappa shape index (κ1) is 123. The summed E-state index contributed by atoms with van der Waals surface area (Å²) in [5.74, 6) is 8.86. The van der Waals surface area contributed by atoms with Crippen LogP contribution in [0.3, 0.4) is 0 Å². The van der Waals surface area contributed by atoms with Crippen molar-refractivity contribution < 1.29 is 38.4 Å². The van der Waals surface area contributed by atoms with Crippen LogP contribution in [0.15, 0.2) is 91.0 Å². The summed E-state index contributed by atoms with van der Waals surface area (Å²) < 4.78 is 32.7. The van der Waals surface area contributed by atoms with Gasteiger partial charge in [-0.1, -0.05) is 36.4 Å². The van der Waals surface area contributed by atoms with Gasteiger partial charge in [0, 0.05) is 158 Å². The van der Waals surface area contributed by atoms with Crippen LogP contribution in [0.5, 0.6) is 0 Å². The number of halogens is 1. The van der Waals surface area contributed by atoms with Crippen LogP contribution in [0.1, 0.15) is 129 Å². The van der Waals surface area contributed by atoms with Gasteiger partial charge in [0.2, 0.25) is 17.2 Å². The number of aliphatic hydroxyl groups excluding tert-OH is 1. The maximum atomic E-state index is 12.7. The van der Waals surface area contributed by atoms with Crippen LogP contribution in [0.4, 0.5) is 73.8 Å². The number of nitrogen functional groups attached to an aromatic ring is 1. The minimum atomic E-state index is -0.935. The highest BCUT2D eigenvalue weighted by molar-refractivity contribution is 9.43. The van der Waals surface area contributed by atoms with Gasteiger partial charge in [-0.3, -0.25) is 0 Å². The van der Waals surface area contributed by atoms with E-state index in [1.54, 1.807) is 0 Å². The molecular weight excluding hydrogens is 2440 g/mol. The standard InChI is InChI=1S/C31H37N9O5.C27H31ClN8O.C27H33N9O.CH4O.H3N.H30P28/c1-20-8-6-9-21-27(20)28(34-29(32-21)39(30(41)43-2)31(42)44-3)38-13-5-4-10-23(38)22-18-25-33-24(36-11-7-12-36)19-26(40(25)35-22)37-14-16-45-17-15-37;2*1-18-6-4-7-19-25(18)26(31-27(28)29-19)35-11-3-2-8-21(35)20-16-23-30-22(33-9-5-10-33)17-24(36(23)32-20)34-12-14-37-15-13-34;1-2;;1-16(2)23(15)27(24(17(3)4)18(5)6)28(25(19(7)8)20(9)10)26(21(11)12)22(13)14/h6,8-9,18-19,23H,4-5,7,10-17H2,1-3H3;4,6-7,16-17,21H,2-3,5,8-15H2,1H3;4,6-7,16-17,21H,2-3,5,8-15H2,1H3,(H2,28,29,31);2H,1H3;1H3;1-15H2. The van der Waals surface area contributed by atoms with Crippen molar-refractivity contribution in [1.29, 1.82) is 0 Å². The van der Waals surface area contributed by atoms with Gasteiger partial charge in [0.15, 0.2) is 16.9 Å². The first-order chi connectivity index (χ1) is 71.9. The average molecular weight is 2580 g/mol. The Bertz CT molecular complexity index is 6370. The molecular formula is C86H138ClN27O8P28. The van der Waals surface area contributed by atoms with Gasteiger partial charge in [-0.15, -0.1) is 139 Å². The van der Waals surface area contributed by atoms with Gasteiger partial charge in [0.25, 0.3) is 0 Å². The quantitative estimate of drug-likeness (QED) is 0.0353. The summed E-state index contributed by atoms with van der Waals surface area (Å²) in [5.41, 5.74) is 17.4. The molecule has 6 N–H and O–H groups in total. The van der Waals surface area contributed by atoms with Gasteiger partial charge in [0.05, 0.1) is 106 Å². The van der Waals surface area contributed by atoms with Gasteiger partial charge in [-0.2, -0.15) is 43.8 Å². The molecule has 0 aliphatic carbocycles. The number of nitrogens with zero attached hydrogens (tertiary/aromatic N) is 25. The zero-order chi connectivity index (χ0) is 105. The van der Waals surface area contributed by atoms with E-state index >= 15 is 0 Å². The molecule has 20 atom stereocenters. The van der Waals surface area contributed by atoms with Gasteiger partial charge in [0.1, 0.15) is 52.4 Å². The van der Waals surface area contributed by atoms with E-state index in [0.29, 0.717) is 41.9 Å². The number of carbonyl (C=O) groups is 2. The van der Waals surface area contributed by atoms with Gasteiger partial charge < -0.3 is 84.8 Å². The summed E-state index contributed by atoms with van der Waals surface area (Å²) in [5, 5.41) is 25.8. The Balaban J connectivity index is 0.000000143. The van der Waals surface area contributed by atoms with Crippen molar-refractivity contribution in [3.8, 4) is 0 Å². The highest BCUT2D eigenvalue weighted by atomic mass is 35.5. The minimum absolute atomic E-state index is 0. The summed E-state index contributed by atoms with van der Waals surface area (Å²) in [6, 6.07) is 31.1. The van der Waals surface area contributed by atoms with Crippen LogP contribution in [-0.2, 0) is 23.7 Å². The Labute approximate surface area is 932 Å². The molecule has 9 aromatic heterocycles. The van der Waals surface area contributed by atoms with Crippen LogP contribution in [-0.4, -0.2) is 250 Å². The van der Waals surface area contributed by atoms with E-state index in [0.717, 1.165) is 307 Å². The molecule has 0 saturated carbocycles. The number of amides is 2. The number of anilines is 11. The predicted octanol–water partition coefficient (Wildman–Crippen LogP) is 27.7. The van der Waals surface area contributed by atoms with Crippen molar-refractivity contribution in [2.45, 2.75) is 116 Å². The second-order valence-electron chi connectivity index (χ2n) is 36.4. The molecule has 0 radical (unpaired) electrons. The van der Waals surface area contributed by atoms with Crippen molar-refractivity contribution >= 4 is 362 Å². The molecule has 2 amide bonds. The van der Waals surface area contributed by atoms with Crippen LogP contribution < -0.4 is 60.9 Å². The fourth-order valence-corrected chi connectivity index (χ4v) is 372. The number of piperidine rings is 3. The number of aromatic nitrogens is 15. The molecule has 812 valence electrons. The van der Waals surface area contributed by atoms with Gasteiger partial charge >= 0.3 is 12.2 Å². The number of morpholine rings is 3. The molecule has 9 fully saturated rings. The molecule has 64 heteroatoms. The number of nitrogens with two attached hydrogens (primary N) is 1. The third-order valence-corrected chi connectivity index (χ3v) is 211. The summed E-state index contributed by atoms with van der Waals surface area (Å²) >= 11 is 6.43. The third kappa shape index (κ3) is 28.3. The zero-order valence-corrected chi connectivity index (χ0v) is 115. The molecule has 9 aliphatic heterocycles. The number of fused-ring (bicyclic) bond motifs is 6. The molecule has 18 heterocycles. The van der Waals surface area contributed by atoms with Gasteiger partial charge in [-0.05, 0) is 235 Å². The molecule has 9 saturated heterocycles. The van der Waals surface area contributed by atoms with Crippen molar-refractivity contribution in [2.24, 2.45) is 0 Å². The molecule has 35 nitrogen and oxygen atoms in total. The highest BCUT2D eigenvalue weighted by Crippen LogP contribution is 3.37. The Morgan fingerprint density at radius 1 is 0.373 bits per heavy atom. The topological polar surface area (TPSA) is 362 Å². The second kappa shape index (κ2) is 57.4. The molecule has 12 aromatic rings. The van der Waals surface area contributed by atoms with Gasteiger partial charge in [-0.25, -0.2) is 39.5 Å². The van der Waals surface area contributed by atoms with E-state index in [1.165, 1.54) is 33.5 Å². The van der Waals surface area contributed by atoms with E-state index in [4.69, 9.17) is 91.3 Å². The van der Waals surface area contributed by atoms with Crippen molar-refractivity contribution in [3.05, 3.63) is 130 Å². The molecule has 9 aliphatic rings. The zero-order valence-electron chi connectivity index (χ0n) is 84.8. The van der Waals surface area contributed by atoms with E-state index < -0.39 is 12.2 Å². The molecule has 0 spiro atoms. The summed E-state index contributed by atoms with van der Waals surface area (Å²) in [7, 11) is 52.4. The number of hydrogen-bond acceptors (Lipinski definition) is 31. The number of hydrogen-bond donors (Lipinski definition) is 3. The number of aliphatic hydroxyl groups is 1. The Morgan fingerprint density at radius 3 is 1.00 bits per heavy atom. The fourth-order valence-electron chi connectivity index (χ4n) is 19.6. The highest BCUT2D eigenvalue weighted by Gasteiger charge is 2.50. The molecule has 150 heavy (non-hydrogen) atoms. The first-order valence-corrected chi connectivity index (χ1v) is 99.5. The van der Waals surface area contributed by atoms with E-state index in [9.17, 15) is 9.59 Å². The van der Waals surface area contributed by atoms with Crippen LogP contribution in [0.2, 0.25) is 5.28 Å². The smallest absolute Gasteiger partial charge is 0.426 e. The van der Waals surface area contributed by atoms with E-state index in [1.807, 2.05) is 62.9 Å². The average Bonchev–Trinajstić information content (AvgIpc) is 1.45. The Hall–Kier alpha value is 0.410. The summed E-state index contributed by atoms with van der Waals surface area (Å²) in [6.45, 7) is 24.2. The van der Waals surface area contributed by atoms with Crippen LogP contribution in [0, 0.1) is 20.8 Å². The van der Waals surface area contributed by atoms with Crippen LogP contribution in [0.25, 0.3) is 49.7 Å². The molecule has 20 unspecified atom stereocenters. The van der Waals surface area contributed by atoms with Crippen molar-refractivity contribution in [3.63, 3.8) is 0 Å². The Morgan fingerprint density at radius 2 is 0.687 bits per heavy atom. The largest absolute Gasteiger partial charge is 0.452 e. The first-order valence-electron chi connectivity index (χ1n) is 48.9.